The Bertz CT molecular complexity index is 1540. The van der Waals surface area contributed by atoms with E-state index in [1.54, 1.807) is 49.9 Å². The number of likely N-dealkylation sites (tertiary alicyclic amines) is 1. The van der Waals surface area contributed by atoms with E-state index in [-0.39, 0.29) is 18.9 Å². The van der Waals surface area contributed by atoms with Gasteiger partial charge >= 0.3 is 6.09 Å². The number of ether oxygens (including phenoxy) is 1. The zero-order valence-corrected chi connectivity index (χ0v) is 26.8. The normalized spacial score (nSPS) is 16.5. The van der Waals surface area contributed by atoms with Crippen LogP contribution in [0.4, 0.5) is 13.6 Å². The molecule has 2 atom stereocenters. The molecule has 3 aromatic carbocycles. The van der Waals surface area contributed by atoms with Gasteiger partial charge in [-0.25, -0.2) is 13.6 Å². The summed E-state index contributed by atoms with van der Waals surface area (Å²) in [7, 11) is 0. The number of benzene rings is 3. The van der Waals surface area contributed by atoms with Crippen molar-refractivity contribution in [2.45, 2.75) is 76.7 Å². The Kier molecular flexibility index (Phi) is 10.2. The van der Waals surface area contributed by atoms with Gasteiger partial charge in [0.15, 0.2) is 0 Å². The van der Waals surface area contributed by atoms with Crippen molar-refractivity contribution in [1.82, 2.24) is 20.4 Å². The quantitative estimate of drug-likeness (QED) is 0.339. The molecule has 11 heteroatoms. The van der Waals surface area contributed by atoms with Crippen molar-refractivity contribution in [3.63, 3.8) is 0 Å². The van der Waals surface area contributed by atoms with Gasteiger partial charge in [0.05, 0.1) is 6.42 Å². The van der Waals surface area contributed by atoms with E-state index in [0.29, 0.717) is 32.5 Å². The predicted octanol–water partition coefficient (Wildman–Crippen LogP) is 5.03. The number of nitrogens with zero attached hydrogens (tertiary/aromatic N) is 2. The molecule has 0 aromatic heterocycles. The Hall–Kier alpha value is -4.80. The third kappa shape index (κ3) is 8.52. The maximum Gasteiger partial charge on any atom is 0.408 e. The lowest BCUT2D eigenvalue weighted by Gasteiger charge is -2.29. The summed E-state index contributed by atoms with van der Waals surface area (Å²) in [6, 6.07) is 17.5. The smallest absolute Gasteiger partial charge is 0.408 e. The monoisotopic (exact) mass is 646 g/mol. The fourth-order valence-electron chi connectivity index (χ4n) is 6.13. The van der Waals surface area contributed by atoms with Crippen molar-refractivity contribution < 1.29 is 32.7 Å². The Balaban J connectivity index is 1.28. The van der Waals surface area contributed by atoms with E-state index in [1.807, 2.05) is 24.3 Å². The first-order valence-corrected chi connectivity index (χ1v) is 15.8. The lowest BCUT2D eigenvalue weighted by atomic mass is 9.91. The third-order valence-electron chi connectivity index (χ3n) is 8.42. The molecule has 2 heterocycles. The number of nitrogens with one attached hydrogen (secondary N) is 2. The molecule has 4 amide bonds. The maximum atomic E-state index is 13.7. The van der Waals surface area contributed by atoms with Crippen molar-refractivity contribution in [2.24, 2.45) is 0 Å². The van der Waals surface area contributed by atoms with Crippen LogP contribution in [0.25, 0.3) is 0 Å². The number of amides is 4. The summed E-state index contributed by atoms with van der Waals surface area (Å²) in [5.41, 5.74) is 2.65. The first kappa shape index (κ1) is 33.6. The van der Waals surface area contributed by atoms with Crippen LogP contribution in [0.3, 0.4) is 0 Å². The number of alkyl carbamates (subject to hydrolysis) is 1. The van der Waals surface area contributed by atoms with Crippen molar-refractivity contribution >= 4 is 23.8 Å². The zero-order chi connectivity index (χ0) is 33.7. The molecular weight excluding hydrogens is 606 g/mol. The van der Waals surface area contributed by atoms with Crippen LogP contribution in [-0.2, 0) is 32.2 Å². The summed E-state index contributed by atoms with van der Waals surface area (Å²) in [6.07, 6.45) is -0.149. The highest BCUT2D eigenvalue weighted by atomic mass is 19.1. The summed E-state index contributed by atoms with van der Waals surface area (Å²) in [5, 5.41) is 5.55. The minimum Gasteiger partial charge on any atom is -0.444 e. The second-order valence-electron chi connectivity index (χ2n) is 13.0. The molecule has 47 heavy (non-hydrogen) atoms. The Morgan fingerprint density at radius 1 is 0.872 bits per heavy atom. The Morgan fingerprint density at radius 3 is 1.96 bits per heavy atom. The number of hydrogen-bond acceptors (Lipinski definition) is 5. The second kappa shape index (κ2) is 14.3. The van der Waals surface area contributed by atoms with Gasteiger partial charge in [0.2, 0.25) is 17.7 Å². The van der Waals surface area contributed by atoms with Crippen molar-refractivity contribution in [2.75, 3.05) is 13.1 Å². The number of hydrogen-bond donors (Lipinski definition) is 2. The molecule has 1 saturated heterocycles. The van der Waals surface area contributed by atoms with Crippen molar-refractivity contribution in [1.29, 1.82) is 0 Å². The molecule has 9 nitrogen and oxygen atoms in total. The molecule has 2 aliphatic rings. The van der Waals surface area contributed by atoms with E-state index in [1.165, 1.54) is 29.2 Å². The van der Waals surface area contributed by atoms with Crippen molar-refractivity contribution in [3.8, 4) is 0 Å². The standard InChI is InChI=1S/C36H40F2N4O5/c1-36(2,3)47-35(46)40-30(34(45)41-21-25-7-4-5-8-26(25)22-41)19-32(43)42-18-6-9-31(42)33(44)39-20-29(23-10-14-27(37)15-11-23)24-12-16-28(38)17-13-24/h4-5,7-8,10-17,29-31H,6,9,18-22H2,1-3H3,(H,39,44)(H,40,46)/t30-,31-/m0/s1. The van der Waals surface area contributed by atoms with Crippen LogP contribution in [0.5, 0.6) is 0 Å². The molecule has 0 radical (unpaired) electrons. The number of carbonyl (C=O) groups excluding carboxylic acids is 4. The topological polar surface area (TPSA) is 108 Å². The highest BCUT2D eigenvalue weighted by Crippen LogP contribution is 2.27. The van der Waals surface area contributed by atoms with Gasteiger partial charge in [-0.2, -0.15) is 0 Å². The third-order valence-corrected chi connectivity index (χ3v) is 8.42. The molecular formula is C36H40F2N4O5. The number of carbonyl (C=O) groups is 4. The molecule has 248 valence electrons. The molecule has 3 aromatic rings. The molecule has 2 N–H and O–H groups in total. The highest BCUT2D eigenvalue weighted by molar-refractivity contribution is 5.93. The summed E-state index contributed by atoms with van der Waals surface area (Å²) in [4.78, 5) is 56.8. The minimum atomic E-state index is -1.20. The molecule has 5 rings (SSSR count). The SMILES string of the molecule is CC(C)(C)OC(=O)N[C@@H](CC(=O)N1CCC[C@H]1C(=O)NCC(c1ccc(F)cc1)c1ccc(F)cc1)C(=O)N1Cc2ccccc2C1. The lowest BCUT2D eigenvalue weighted by molar-refractivity contribution is -0.142. The summed E-state index contributed by atoms with van der Waals surface area (Å²) in [5.74, 6) is -2.42. The Labute approximate surface area is 273 Å². The van der Waals surface area contributed by atoms with Crippen LogP contribution < -0.4 is 10.6 Å². The second-order valence-corrected chi connectivity index (χ2v) is 13.0. The molecule has 0 bridgehead atoms. The zero-order valence-electron chi connectivity index (χ0n) is 26.8. The van der Waals surface area contributed by atoms with E-state index in [2.05, 4.69) is 10.6 Å². The summed E-state index contributed by atoms with van der Waals surface area (Å²) in [6.45, 7) is 6.27. The van der Waals surface area contributed by atoms with Crippen LogP contribution in [0, 0.1) is 11.6 Å². The van der Waals surface area contributed by atoms with Gasteiger partial charge in [-0.15, -0.1) is 0 Å². The summed E-state index contributed by atoms with van der Waals surface area (Å²) >= 11 is 0. The van der Waals surface area contributed by atoms with Crippen LogP contribution >= 0.6 is 0 Å². The number of fused-ring (bicyclic) bond motifs is 1. The maximum absolute atomic E-state index is 13.7. The van der Waals surface area contributed by atoms with Gasteiger partial charge in [0.1, 0.15) is 29.3 Å². The van der Waals surface area contributed by atoms with Gasteiger partial charge in [0, 0.05) is 32.1 Å². The number of halogens is 2. The van der Waals surface area contributed by atoms with E-state index in [0.717, 1.165) is 22.3 Å². The van der Waals surface area contributed by atoms with E-state index >= 15 is 0 Å². The molecule has 2 aliphatic heterocycles. The largest absolute Gasteiger partial charge is 0.444 e. The van der Waals surface area contributed by atoms with E-state index in [4.69, 9.17) is 4.74 Å². The van der Waals surface area contributed by atoms with E-state index in [9.17, 15) is 28.0 Å². The minimum absolute atomic E-state index is 0.130. The predicted molar refractivity (Wildman–Crippen MR) is 171 cm³/mol. The molecule has 0 aliphatic carbocycles. The van der Waals surface area contributed by atoms with Crippen LogP contribution in [-0.4, -0.2) is 64.4 Å². The van der Waals surface area contributed by atoms with Crippen LogP contribution in [0.2, 0.25) is 0 Å². The fourth-order valence-corrected chi connectivity index (χ4v) is 6.13. The molecule has 1 fully saturated rings. The average Bonchev–Trinajstić information content (AvgIpc) is 3.69. The lowest BCUT2D eigenvalue weighted by Crippen LogP contribution is -2.52. The molecule has 0 unspecified atom stereocenters. The Morgan fingerprint density at radius 2 is 1.43 bits per heavy atom. The van der Waals surface area contributed by atoms with Gasteiger partial charge in [-0.3, -0.25) is 14.4 Å². The molecule has 0 saturated carbocycles. The fraction of sp³-hybridized carbons (Fsp3) is 0.389. The first-order chi connectivity index (χ1) is 22.4. The average molecular weight is 647 g/mol. The van der Waals surface area contributed by atoms with Gasteiger partial charge in [-0.1, -0.05) is 48.5 Å². The van der Waals surface area contributed by atoms with Crippen LogP contribution in [0.1, 0.15) is 68.2 Å². The van der Waals surface area contributed by atoms with Gasteiger partial charge in [0.25, 0.3) is 0 Å². The summed E-state index contributed by atoms with van der Waals surface area (Å²) < 4.78 is 32.7. The van der Waals surface area contributed by atoms with Crippen LogP contribution in [0.15, 0.2) is 72.8 Å². The first-order valence-electron chi connectivity index (χ1n) is 15.8. The highest BCUT2D eigenvalue weighted by Gasteiger charge is 2.38. The van der Waals surface area contributed by atoms with E-state index < -0.39 is 53.1 Å². The number of rotatable bonds is 9. The molecule has 0 spiro atoms. The van der Waals surface area contributed by atoms with Gasteiger partial charge in [-0.05, 0) is 80.1 Å². The van der Waals surface area contributed by atoms with Crippen molar-refractivity contribution in [3.05, 3.63) is 107 Å². The van der Waals surface area contributed by atoms with Gasteiger partial charge < -0.3 is 25.2 Å².